The van der Waals surface area contributed by atoms with Crippen LogP contribution >= 0.6 is 15.9 Å². The van der Waals surface area contributed by atoms with E-state index in [1.54, 1.807) is 12.1 Å². The quantitative estimate of drug-likeness (QED) is 0.790. The Hall–Kier alpha value is -0.920. The molecule has 19 heavy (non-hydrogen) atoms. The van der Waals surface area contributed by atoms with E-state index in [1.807, 2.05) is 6.92 Å². The second-order valence-corrected chi connectivity index (χ2v) is 6.86. The van der Waals surface area contributed by atoms with Gasteiger partial charge >= 0.3 is 5.97 Å². The predicted molar refractivity (Wildman–Crippen MR) is 75.4 cm³/mol. The lowest BCUT2D eigenvalue weighted by Crippen LogP contribution is -2.30. The Morgan fingerprint density at radius 2 is 2.16 bits per heavy atom. The summed E-state index contributed by atoms with van der Waals surface area (Å²) < 4.78 is 27.1. The average molecular weight is 350 g/mol. The van der Waals surface area contributed by atoms with Crippen LogP contribution in [0, 0.1) is 5.92 Å². The average Bonchev–Trinajstić information content (AvgIpc) is 2.34. The van der Waals surface area contributed by atoms with E-state index in [1.165, 1.54) is 12.1 Å². The van der Waals surface area contributed by atoms with Crippen LogP contribution in [-0.2, 0) is 14.8 Å². The molecule has 1 unspecified atom stereocenters. The van der Waals surface area contributed by atoms with Gasteiger partial charge in [-0.25, -0.2) is 13.1 Å². The Morgan fingerprint density at radius 3 is 2.68 bits per heavy atom. The minimum absolute atomic E-state index is 0.0441. The molecule has 0 aliphatic rings. The van der Waals surface area contributed by atoms with Gasteiger partial charge in [-0.05, 0) is 24.1 Å². The largest absolute Gasteiger partial charge is 0.481 e. The van der Waals surface area contributed by atoms with E-state index in [0.29, 0.717) is 10.9 Å². The monoisotopic (exact) mass is 349 g/mol. The standard InChI is InChI=1S/C12H16BrNO4S/c1-2-9(6-12(15)16)8-14-19(17,18)11-5-3-4-10(13)7-11/h3-5,7,9,14H,2,6,8H2,1H3,(H,15,16). The van der Waals surface area contributed by atoms with Crippen LogP contribution in [0.3, 0.4) is 0 Å². The fraction of sp³-hybridized carbons (Fsp3) is 0.417. The summed E-state index contributed by atoms with van der Waals surface area (Å²) in [5.41, 5.74) is 0. The highest BCUT2D eigenvalue weighted by Crippen LogP contribution is 2.16. The number of hydrogen-bond acceptors (Lipinski definition) is 3. The number of rotatable bonds is 7. The molecule has 0 saturated carbocycles. The molecule has 106 valence electrons. The zero-order valence-electron chi connectivity index (χ0n) is 10.5. The summed E-state index contributed by atoms with van der Waals surface area (Å²) in [6.07, 6.45) is 0.560. The lowest BCUT2D eigenvalue weighted by Gasteiger charge is -2.13. The summed E-state index contributed by atoms with van der Waals surface area (Å²) in [4.78, 5) is 10.8. The van der Waals surface area contributed by atoms with E-state index >= 15 is 0 Å². The molecule has 0 radical (unpaired) electrons. The van der Waals surface area contributed by atoms with Crippen molar-refractivity contribution < 1.29 is 18.3 Å². The van der Waals surface area contributed by atoms with Crippen LogP contribution in [0.5, 0.6) is 0 Å². The molecule has 0 amide bonds. The third-order valence-corrected chi connectivity index (χ3v) is 4.62. The van der Waals surface area contributed by atoms with Crippen molar-refractivity contribution in [2.45, 2.75) is 24.7 Å². The molecule has 0 aliphatic heterocycles. The van der Waals surface area contributed by atoms with Gasteiger partial charge in [0.1, 0.15) is 0 Å². The molecular formula is C12H16BrNO4S. The summed E-state index contributed by atoms with van der Waals surface area (Å²) in [6.45, 7) is 1.96. The van der Waals surface area contributed by atoms with Crippen molar-refractivity contribution in [3.8, 4) is 0 Å². The maximum Gasteiger partial charge on any atom is 0.303 e. The molecule has 1 rings (SSSR count). The third kappa shape index (κ3) is 5.30. The van der Waals surface area contributed by atoms with Crippen LogP contribution in [0.1, 0.15) is 19.8 Å². The number of halogens is 1. The van der Waals surface area contributed by atoms with Gasteiger partial charge in [0.05, 0.1) is 4.90 Å². The highest BCUT2D eigenvalue weighted by molar-refractivity contribution is 9.10. The van der Waals surface area contributed by atoms with E-state index in [-0.39, 0.29) is 23.8 Å². The number of sulfonamides is 1. The van der Waals surface area contributed by atoms with E-state index in [4.69, 9.17) is 5.11 Å². The van der Waals surface area contributed by atoms with Crippen molar-refractivity contribution in [3.63, 3.8) is 0 Å². The molecule has 0 bridgehead atoms. The van der Waals surface area contributed by atoms with Gasteiger partial charge in [0, 0.05) is 17.4 Å². The van der Waals surface area contributed by atoms with Crippen LogP contribution in [-0.4, -0.2) is 26.0 Å². The number of carbonyl (C=O) groups is 1. The Morgan fingerprint density at radius 1 is 1.47 bits per heavy atom. The van der Waals surface area contributed by atoms with Crippen molar-refractivity contribution >= 4 is 31.9 Å². The third-order valence-electron chi connectivity index (χ3n) is 2.71. The lowest BCUT2D eigenvalue weighted by atomic mass is 10.0. The Labute approximate surface area is 121 Å². The van der Waals surface area contributed by atoms with Crippen molar-refractivity contribution in [3.05, 3.63) is 28.7 Å². The molecule has 0 heterocycles. The van der Waals surface area contributed by atoms with Crippen LogP contribution in [0.2, 0.25) is 0 Å². The molecule has 2 N–H and O–H groups in total. The van der Waals surface area contributed by atoms with Gasteiger partial charge in [-0.15, -0.1) is 0 Å². The normalized spacial score (nSPS) is 13.2. The summed E-state index contributed by atoms with van der Waals surface area (Å²) in [5, 5.41) is 8.71. The van der Waals surface area contributed by atoms with Crippen molar-refractivity contribution in [1.29, 1.82) is 0 Å². The number of aliphatic carboxylic acids is 1. The van der Waals surface area contributed by atoms with E-state index in [9.17, 15) is 13.2 Å². The molecule has 0 fully saturated rings. The second-order valence-electron chi connectivity index (χ2n) is 4.18. The van der Waals surface area contributed by atoms with Gasteiger partial charge in [0.2, 0.25) is 10.0 Å². The zero-order valence-corrected chi connectivity index (χ0v) is 12.9. The molecule has 7 heteroatoms. The number of carboxylic acids is 1. The lowest BCUT2D eigenvalue weighted by molar-refractivity contribution is -0.138. The summed E-state index contributed by atoms with van der Waals surface area (Å²) in [6, 6.07) is 6.36. The van der Waals surface area contributed by atoms with Crippen LogP contribution in [0.25, 0.3) is 0 Å². The zero-order chi connectivity index (χ0) is 14.5. The SMILES string of the molecule is CCC(CNS(=O)(=O)c1cccc(Br)c1)CC(=O)O. The molecule has 0 spiro atoms. The minimum atomic E-state index is -3.60. The maximum atomic E-state index is 12.0. The maximum absolute atomic E-state index is 12.0. The molecule has 0 aliphatic carbocycles. The fourth-order valence-electron chi connectivity index (χ4n) is 1.55. The number of benzene rings is 1. The summed E-state index contributed by atoms with van der Waals surface area (Å²) >= 11 is 3.21. The molecule has 5 nitrogen and oxygen atoms in total. The van der Waals surface area contributed by atoms with Gasteiger partial charge < -0.3 is 5.11 Å². The first kappa shape index (κ1) is 16.1. The smallest absolute Gasteiger partial charge is 0.303 e. The summed E-state index contributed by atoms with van der Waals surface area (Å²) in [5.74, 6) is -1.13. The van der Waals surface area contributed by atoms with Gasteiger partial charge in [-0.2, -0.15) is 0 Å². The van der Waals surface area contributed by atoms with Crippen LogP contribution in [0.15, 0.2) is 33.6 Å². The van der Waals surface area contributed by atoms with Gasteiger partial charge in [-0.3, -0.25) is 4.79 Å². The van der Waals surface area contributed by atoms with Gasteiger partial charge in [-0.1, -0.05) is 35.3 Å². The topological polar surface area (TPSA) is 83.5 Å². The predicted octanol–water partition coefficient (Wildman–Crippen LogP) is 2.23. The number of carboxylic acid groups (broad SMARTS) is 1. The van der Waals surface area contributed by atoms with E-state index < -0.39 is 16.0 Å². The molecule has 1 aromatic carbocycles. The fourth-order valence-corrected chi connectivity index (χ4v) is 3.27. The van der Waals surface area contributed by atoms with Crippen LogP contribution in [0.4, 0.5) is 0 Å². The Balaban J connectivity index is 2.72. The van der Waals surface area contributed by atoms with Gasteiger partial charge in [0.25, 0.3) is 0 Å². The summed E-state index contributed by atoms with van der Waals surface area (Å²) in [7, 11) is -3.60. The van der Waals surface area contributed by atoms with Crippen molar-refractivity contribution in [2.75, 3.05) is 6.54 Å². The van der Waals surface area contributed by atoms with Gasteiger partial charge in [0.15, 0.2) is 0 Å². The molecule has 1 aromatic rings. The van der Waals surface area contributed by atoms with E-state index in [0.717, 1.165) is 0 Å². The highest BCUT2D eigenvalue weighted by Gasteiger charge is 2.18. The number of nitrogens with one attached hydrogen (secondary N) is 1. The highest BCUT2D eigenvalue weighted by atomic mass is 79.9. The first-order chi connectivity index (χ1) is 8.85. The first-order valence-corrected chi connectivity index (χ1v) is 8.09. The molecule has 0 saturated heterocycles. The minimum Gasteiger partial charge on any atom is -0.481 e. The van der Waals surface area contributed by atoms with Crippen molar-refractivity contribution in [1.82, 2.24) is 4.72 Å². The van der Waals surface area contributed by atoms with E-state index in [2.05, 4.69) is 20.7 Å². The second kappa shape index (κ2) is 7.02. The number of hydrogen-bond donors (Lipinski definition) is 2. The molecular weight excluding hydrogens is 334 g/mol. The molecule has 0 aromatic heterocycles. The van der Waals surface area contributed by atoms with Crippen molar-refractivity contribution in [2.24, 2.45) is 5.92 Å². The molecule has 1 atom stereocenters. The van der Waals surface area contributed by atoms with Crippen LogP contribution < -0.4 is 4.72 Å². The first-order valence-electron chi connectivity index (χ1n) is 5.82. The Bertz CT molecular complexity index is 544. The Kier molecular flexibility index (Phi) is 5.96.